The first-order chi connectivity index (χ1) is 6.63. The second-order valence-electron chi connectivity index (χ2n) is 2.85. The van der Waals surface area contributed by atoms with Gasteiger partial charge in [-0.05, 0) is 6.92 Å². The van der Waals surface area contributed by atoms with Crippen LogP contribution in [0.3, 0.4) is 0 Å². The molecule has 0 atom stereocenters. The fourth-order valence-corrected chi connectivity index (χ4v) is 1.59. The smallest absolute Gasteiger partial charge is 0.220 e. The lowest BCUT2D eigenvalue weighted by molar-refractivity contribution is -0.120. The number of amides is 1. The maximum atomic E-state index is 11.4. The molecule has 0 unspecified atom stereocenters. The summed E-state index contributed by atoms with van der Waals surface area (Å²) in [7, 11) is 1.56. The lowest BCUT2D eigenvalue weighted by Crippen LogP contribution is -2.18. The Labute approximate surface area is 86.4 Å². The minimum absolute atomic E-state index is 0.0713. The third-order valence-electron chi connectivity index (χ3n) is 1.76. The van der Waals surface area contributed by atoms with E-state index in [1.165, 1.54) is 11.3 Å². The summed E-state index contributed by atoms with van der Waals surface area (Å²) in [4.78, 5) is 26.4. The van der Waals surface area contributed by atoms with Crippen LogP contribution in [0.5, 0.6) is 0 Å². The van der Waals surface area contributed by atoms with Gasteiger partial charge < -0.3 is 5.32 Å². The van der Waals surface area contributed by atoms with Gasteiger partial charge in [0.15, 0.2) is 5.78 Å². The van der Waals surface area contributed by atoms with Crippen molar-refractivity contribution in [3.8, 4) is 0 Å². The van der Waals surface area contributed by atoms with Crippen molar-refractivity contribution in [3.63, 3.8) is 0 Å². The molecule has 0 bridgehead atoms. The van der Waals surface area contributed by atoms with Gasteiger partial charge in [0.2, 0.25) is 5.91 Å². The van der Waals surface area contributed by atoms with E-state index in [2.05, 4.69) is 10.3 Å². The first-order valence-corrected chi connectivity index (χ1v) is 5.17. The molecular formula is C9H12N2O2S. The molecule has 0 saturated carbocycles. The van der Waals surface area contributed by atoms with Crippen LogP contribution in [-0.4, -0.2) is 23.7 Å². The molecule has 4 nitrogen and oxygen atoms in total. The van der Waals surface area contributed by atoms with Gasteiger partial charge in [-0.25, -0.2) is 4.98 Å². The van der Waals surface area contributed by atoms with E-state index in [0.29, 0.717) is 5.69 Å². The van der Waals surface area contributed by atoms with E-state index in [1.807, 2.05) is 6.92 Å². The number of hydrogen-bond donors (Lipinski definition) is 1. The zero-order valence-corrected chi connectivity index (χ0v) is 8.98. The van der Waals surface area contributed by atoms with Gasteiger partial charge >= 0.3 is 0 Å². The normalized spacial score (nSPS) is 9.86. The van der Waals surface area contributed by atoms with E-state index in [1.54, 1.807) is 12.4 Å². The standard InChI is InChI=1S/C9H12N2O2S/c1-6-11-7(5-14-6)8(12)3-4-9(13)10-2/h5H,3-4H2,1-2H3,(H,10,13). The fraction of sp³-hybridized carbons (Fsp3) is 0.444. The number of carbonyl (C=O) groups is 2. The number of hydrogen-bond acceptors (Lipinski definition) is 4. The maximum Gasteiger partial charge on any atom is 0.220 e. The fourth-order valence-electron chi connectivity index (χ4n) is 0.972. The predicted octanol–water partition coefficient (Wildman–Crippen LogP) is 1.16. The maximum absolute atomic E-state index is 11.4. The number of thiazole rings is 1. The molecule has 0 aliphatic rings. The molecule has 0 aliphatic carbocycles. The van der Waals surface area contributed by atoms with Gasteiger partial charge in [0, 0.05) is 25.3 Å². The van der Waals surface area contributed by atoms with Crippen LogP contribution in [0.25, 0.3) is 0 Å². The summed E-state index contributed by atoms with van der Waals surface area (Å²) in [6, 6.07) is 0. The van der Waals surface area contributed by atoms with Crippen LogP contribution in [0.4, 0.5) is 0 Å². The summed E-state index contributed by atoms with van der Waals surface area (Å²) < 4.78 is 0. The number of nitrogens with zero attached hydrogens (tertiary/aromatic N) is 1. The molecule has 0 fully saturated rings. The lowest BCUT2D eigenvalue weighted by atomic mass is 10.2. The van der Waals surface area contributed by atoms with Gasteiger partial charge in [-0.1, -0.05) is 0 Å². The Kier molecular flexibility index (Phi) is 3.76. The number of carbonyl (C=O) groups excluding carboxylic acids is 2. The highest BCUT2D eigenvalue weighted by molar-refractivity contribution is 7.09. The quantitative estimate of drug-likeness (QED) is 0.762. The third-order valence-corrected chi connectivity index (χ3v) is 2.54. The SMILES string of the molecule is CNC(=O)CCC(=O)c1csc(C)n1. The molecule has 1 amide bonds. The molecule has 5 heteroatoms. The molecule has 1 aromatic heterocycles. The molecular weight excluding hydrogens is 200 g/mol. The number of Topliss-reactive ketones (excluding diaryl/α,β-unsaturated/α-hetero) is 1. The van der Waals surface area contributed by atoms with Gasteiger partial charge in [-0.15, -0.1) is 11.3 Å². The molecule has 0 aromatic carbocycles. The Bertz CT molecular complexity index is 346. The number of nitrogens with one attached hydrogen (secondary N) is 1. The van der Waals surface area contributed by atoms with Gasteiger partial charge in [-0.2, -0.15) is 0 Å². The molecule has 1 heterocycles. The molecule has 1 N–H and O–H groups in total. The van der Waals surface area contributed by atoms with Crippen LogP contribution in [0.2, 0.25) is 0 Å². The molecule has 1 rings (SSSR count). The van der Waals surface area contributed by atoms with E-state index in [4.69, 9.17) is 0 Å². The summed E-state index contributed by atoms with van der Waals surface area (Å²) in [5, 5.41) is 5.06. The van der Waals surface area contributed by atoms with E-state index in [9.17, 15) is 9.59 Å². The van der Waals surface area contributed by atoms with Crippen LogP contribution in [0.1, 0.15) is 28.3 Å². The first kappa shape index (κ1) is 10.8. The highest BCUT2D eigenvalue weighted by Crippen LogP contribution is 2.10. The molecule has 0 spiro atoms. The van der Waals surface area contributed by atoms with E-state index < -0.39 is 0 Å². The van der Waals surface area contributed by atoms with Crippen LogP contribution < -0.4 is 5.32 Å². The van der Waals surface area contributed by atoms with Crippen molar-refractivity contribution < 1.29 is 9.59 Å². The molecule has 0 saturated heterocycles. The molecule has 0 aliphatic heterocycles. The van der Waals surface area contributed by atoms with E-state index in [-0.39, 0.29) is 24.5 Å². The van der Waals surface area contributed by atoms with Gasteiger partial charge in [0.05, 0.1) is 5.01 Å². The number of ketones is 1. The molecule has 76 valence electrons. The minimum atomic E-state index is -0.120. The molecule has 14 heavy (non-hydrogen) atoms. The number of rotatable bonds is 4. The second kappa shape index (κ2) is 4.85. The second-order valence-corrected chi connectivity index (χ2v) is 3.91. The van der Waals surface area contributed by atoms with Gasteiger partial charge in [0.25, 0.3) is 0 Å². The van der Waals surface area contributed by atoms with Crippen molar-refractivity contribution in [1.29, 1.82) is 0 Å². The summed E-state index contributed by atoms with van der Waals surface area (Å²) >= 11 is 1.44. The largest absolute Gasteiger partial charge is 0.359 e. The topological polar surface area (TPSA) is 59.1 Å². The zero-order chi connectivity index (χ0) is 10.6. The highest BCUT2D eigenvalue weighted by atomic mass is 32.1. The number of aromatic nitrogens is 1. The van der Waals surface area contributed by atoms with Crippen LogP contribution in [-0.2, 0) is 4.79 Å². The Morgan fingerprint density at radius 1 is 1.50 bits per heavy atom. The van der Waals surface area contributed by atoms with Crippen LogP contribution in [0, 0.1) is 6.92 Å². The molecule has 0 radical (unpaired) electrons. The van der Waals surface area contributed by atoms with E-state index >= 15 is 0 Å². The Hall–Kier alpha value is -1.23. The molecule has 1 aromatic rings. The monoisotopic (exact) mass is 212 g/mol. The van der Waals surface area contributed by atoms with Crippen molar-refractivity contribution in [2.75, 3.05) is 7.05 Å². The Morgan fingerprint density at radius 2 is 2.21 bits per heavy atom. The average molecular weight is 212 g/mol. The highest BCUT2D eigenvalue weighted by Gasteiger charge is 2.10. The summed E-state index contributed by atoms with van der Waals surface area (Å²) in [5.41, 5.74) is 0.469. The number of aryl methyl sites for hydroxylation is 1. The van der Waals surface area contributed by atoms with Crippen molar-refractivity contribution >= 4 is 23.0 Å². The summed E-state index contributed by atoms with van der Waals surface area (Å²) in [6.07, 6.45) is 0.453. The lowest BCUT2D eigenvalue weighted by Gasteiger charge is -1.96. The van der Waals surface area contributed by atoms with Crippen molar-refractivity contribution in [2.45, 2.75) is 19.8 Å². The van der Waals surface area contributed by atoms with Crippen molar-refractivity contribution in [1.82, 2.24) is 10.3 Å². The average Bonchev–Trinajstić information content (AvgIpc) is 2.60. The van der Waals surface area contributed by atoms with Gasteiger partial charge in [0.1, 0.15) is 5.69 Å². The predicted molar refractivity (Wildman–Crippen MR) is 54.5 cm³/mol. The van der Waals surface area contributed by atoms with E-state index in [0.717, 1.165) is 5.01 Å². The van der Waals surface area contributed by atoms with Crippen molar-refractivity contribution in [2.24, 2.45) is 0 Å². The Morgan fingerprint density at radius 3 is 2.71 bits per heavy atom. The Balaban J connectivity index is 2.47. The summed E-state index contributed by atoms with van der Waals surface area (Å²) in [5.74, 6) is -0.191. The summed E-state index contributed by atoms with van der Waals surface area (Å²) in [6.45, 7) is 1.85. The third kappa shape index (κ3) is 2.92. The minimum Gasteiger partial charge on any atom is -0.359 e. The van der Waals surface area contributed by atoms with Gasteiger partial charge in [-0.3, -0.25) is 9.59 Å². The van der Waals surface area contributed by atoms with Crippen LogP contribution in [0.15, 0.2) is 5.38 Å². The van der Waals surface area contributed by atoms with Crippen LogP contribution >= 0.6 is 11.3 Å². The van der Waals surface area contributed by atoms with Crippen molar-refractivity contribution in [3.05, 3.63) is 16.1 Å². The zero-order valence-electron chi connectivity index (χ0n) is 8.16. The first-order valence-electron chi connectivity index (χ1n) is 4.29.